The Morgan fingerprint density at radius 1 is 0.931 bits per heavy atom. The summed E-state index contributed by atoms with van der Waals surface area (Å²) in [6, 6.07) is 10.7. The van der Waals surface area contributed by atoms with Gasteiger partial charge in [0.1, 0.15) is 28.8 Å². The molecule has 0 saturated carbocycles. The van der Waals surface area contributed by atoms with Gasteiger partial charge >= 0.3 is 5.97 Å². The van der Waals surface area contributed by atoms with Crippen LogP contribution in [0.1, 0.15) is 11.3 Å². The number of ether oxygens (including phenoxy) is 2. The summed E-state index contributed by atoms with van der Waals surface area (Å²) >= 11 is 1.41. The van der Waals surface area contributed by atoms with E-state index in [0.717, 1.165) is 10.6 Å². The third-order valence-electron chi connectivity index (χ3n) is 3.87. The molecule has 0 radical (unpaired) electrons. The van der Waals surface area contributed by atoms with Gasteiger partial charge in [0, 0.05) is 30.2 Å². The number of hydrogen-bond donors (Lipinski definition) is 0. The van der Waals surface area contributed by atoms with Crippen molar-refractivity contribution >= 4 is 17.3 Å². The molecule has 0 aliphatic carbocycles. The summed E-state index contributed by atoms with van der Waals surface area (Å²) in [6.45, 7) is 0.444. The van der Waals surface area contributed by atoms with E-state index < -0.39 is 0 Å². The number of benzene rings is 1. The van der Waals surface area contributed by atoms with Gasteiger partial charge in [-0.15, -0.1) is 11.3 Å². The van der Waals surface area contributed by atoms with Gasteiger partial charge in [-0.25, -0.2) is 4.98 Å². The normalized spacial score (nSPS) is 10.5. The molecule has 0 saturated heterocycles. The molecule has 8 heteroatoms. The molecular formula is C21H16N4O3S. The van der Waals surface area contributed by atoms with Crippen molar-refractivity contribution in [2.75, 3.05) is 0 Å². The lowest BCUT2D eigenvalue weighted by molar-refractivity contribution is -0.133. The highest BCUT2D eigenvalue weighted by Gasteiger charge is 2.12. The average molecular weight is 404 g/mol. The van der Waals surface area contributed by atoms with E-state index in [2.05, 4.69) is 19.9 Å². The predicted molar refractivity (Wildman–Crippen MR) is 107 cm³/mol. The second kappa shape index (κ2) is 9.03. The third-order valence-corrected chi connectivity index (χ3v) is 4.78. The zero-order valence-electron chi connectivity index (χ0n) is 15.3. The minimum atomic E-state index is -0.383. The van der Waals surface area contributed by atoms with E-state index in [0.29, 0.717) is 29.5 Å². The van der Waals surface area contributed by atoms with Gasteiger partial charge in [-0.05, 0) is 42.0 Å². The maximum Gasteiger partial charge on any atom is 0.317 e. The van der Waals surface area contributed by atoms with E-state index >= 15 is 0 Å². The Morgan fingerprint density at radius 3 is 2.48 bits per heavy atom. The smallest absolute Gasteiger partial charge is 0.317 e. The molecule has 0 unspecified atom stereocenters. The molecule has 3 aromatic heterocycles. The Hall–Kier alpha value is -3.65. The second-order valence-corrected chi connectivity index (χ2v) is 6.86. The van der Waals surface area contributed by atoms with Crippen LogP contribution in [0.3, 0.4) is 0 Å². The summed E-state index contributed by atoms with van der Waals surface area (Å²) < 4.78 is 11.1. The Kier molecular flexibility index (Phi) is 5.82. The highest BCUT2D eigenvalue weighted by molar-refractivity contribution is 7.13. The van der Waals surface area contributed by atoms with Gasteiger partial charge in [0.05, 0.1) is 18.3 Å². The number of hydrogen-bond acceptors (Lipinski definition) is 8. The van der Waals surface area contributed by atoms with E-state index in [4.69, 9.17) is 9.47 Å². The minimum Gasteiger partial charge on any atom is -0.489 e. The van der Waals surface area contributed by atoms with E-state index in [1.54, 1.807) is 55.2 Å². The van der Waals surface area contributed by atoms with Crippen LogP contribution in [0.5, 0.6) is 11.5 Å². The van der Waals surface area contributed by atoms with Crippen molar-refractivity contribution in [3.8, 4) is 22.2 Å². The number of carbonyl (C=O) groups excluding carboxylic acids is 1. The van der Waals surface area contributed by atoms with Crippen LogP contribution < -0.4 is 9.47 Å². The number of nitrogens with zero attached hydrogens (tertiary/aromatic N) is 4. The fraction of sp³-hybridized carbons (Fsp3) is 0.0952. The number of carbonyl (C=O) groups is 1. The average Bonchev–Trinajstić information content (AvgIpc) is 3.23. The van der Waals surface area contributed by atoms with Gasteiger partial charge in [-0.3, -0.25) is 19.7 Å². The molecule has 1 aromatic carbocycles. The molecule has 144 valence electrons. The van der Waals surface area contributed by atoms with E-state index in [9.17, 15) is 4.79 Å². The summed E-state index contributed by atoms with van der Waals surface area (Å²) in [4.78, 5) is 28.8. The Labute approximate surface area is 171 Å². The molecule has 0 bridgehead atoms. The zero-order valence-corrected chi connectivity index (χ0v) is 16.1. The molecule has 29 heavy (non-hydrogen) atoms. The van der Waals surface area contributed by atoms with Crippen LogP contribution in [0.25, 0.3) is 10.7 Å². The van der Waals surface area contributed by atoms with E-state index in [1.807, 2.05) is 17.5 Å². The Bertz CT molecular complexity index is 1070. The van der Waals surface area contributed by atoms with Gasteiger partial charge < -0.3 is 9.47 Å². The first kappa shape index (κ1) is 18.7. The molecule has 4 aromatic rings. The fourth-order valence-corrected chi connectivity index (χ4v) is 3.26. The van der Waals surface area contributed by atoms with Crippen LogP contribution in [0.4, 0.5) is 0 Å². The maximum atomic E-state index is 12.2. The highest BCUT2D eigenvalue weighted by Crippen LogP contribution is 2.22. The quantitative estimate of drug-likeness (QED) is 0.343. The van der Waals surface area contributed by atoms with Crippen LogP contribution >= 0.6 is 11.3 Å². The molecule has 0 aliphatic heterocycles. The molecule has 0 atom stereocenters. The first-order chi connectivity index (χ1) is 14.3. The van der Waals surface area contributed by atoms with Crippen LogP contribution in [0, 0.1) is 0 Å². The lowest BCUT2D eigenvalue weighted by Gasteiger charge is -2.07. The minimum absolute atomic E-state index is 0.0804. The third kappa shape index (κ3) is 5.20. The number of thiazole rings is 1. The maximum absolute atomic E-state index is 12.2. The van der Waals surface area contributed by atoms with Crippen molar-refractivity contribution in [1.29, 1.82) is 0 Å². The summed E-state index contributed by atoms with van der Waals surface area (Å²) in [5.74, 6) is 0.761. The van der Waals surface area contributed by atoms with E-state index in [1.165, 1.54) is 11.3 Å². The van der Waals surface area contributed by atoms with E-state index in [-0.39, 0.29) is 12.4 Å². The molecule has 7 nitrogen and oxygen atoms in total. The Morgan fingerprint density at radius 2 is 1.72 bits per heavy atom. The Balaban J connectivity index is 1.30. The highest BCUT2D eigenvalue weighted by atomic mass is 32.1. The number of esters is 1. The summed E-state index contributed by atoms with van der Waals surface area (Å²) in [6.07, 6.45) is 8.37. The monoisotopic (exact) mass is 404 g/mol. The molecule has 0 spiro atoms. The van der Waals surface area contributed by atoms with Crippen molar-refractivity contribution < 1.29 is 14.3 Å². The van der Waals surface area contributed by atoms with Crippen molar-refractivity contribution in [3.05, 3.63) is 84.0 Å². The zero-order chi connectivity index (χ0) is 19.9. The first-order valence-corrected chi connectivity index (χ1v) is 9.67. The molecule has 0 fully saturated rings. The van der Waals surface area contributed by atoms with Crippen molar-refractivity contribution in [3.63, 3.8) is 0 Å². The number of pyridine rings is 1. The summed E-state index contributed by atoms with van der Waals surface area (Å²) in [7, 11) is 0. The first-order valence-electron chi connectivity index (χ1n) is 8.79. The standard InChI is InChI=1S/C21H16N4O3S/c26-20(11-16-14-29-21(25-16)19-12-23-9-10-24-19)28-18-3-1-17(2-4-18)27-13-15-5-7-22-8-6-15/h1-10,12,14H,11,13H2. The van der Waals surface area contributed by atoms with Crippen LogP contribution in [0.2, 0.25) is 0 Å². The number of aromatic nitrogens is 4. The molecule has 4 rings (SSSR count). The molecular weight excluding hydrogens is 388 g/mol. The van der Waals surface area contributed by atoms with Crippen LogP contribution in [0.15, 0.2) is 72.8 Å². The lowest BCUT2D eigenvalue weighted by atomic mass is 10.3. The van der Waals surface area contributed by atoms with Gasteiger partial charge in [-0.2, -0.15) is 0 Å². The SMILES string of the molecule is O=C(Cc1csc(-c2cnccn2)n1)Oc1ccc(OCc2ccncc2)cc1. The van der Waals surface area contributed by atoms with Gasteiger partial charge in [0.2, 0.25) is 0 Å². The lowest BCUT2D eigenvalue weighted by Crippen LogP contribution is -2.11. The summed E-state index contributed by atoms with van der Waals surface area (Å²) in [5.41, 5.74) is 2.34. The fourth-order valence-electron chi connectivity index (χ4n) is 2.48. The largest absolute Gasteiger partial charge is 0.489 e. The van der Waals surface area contributed by atoms with Crippen molar-refractivity contribution in [2.24, 2.45) is 0 Å². The predicted octanol–water partition coefficient (Wildman–Crippen LogP) is 3.72. The molecule has 0 N–H and O–H groups in total. The van der Waals surface area contributed by atoms with Crippen LogP contribution in [-0.2, 0) is 17.8 Å². The number of rotatable bonds is 7. The molecule has 3 heterocycles. The topological polar surface area (TPSA) is 87.1 Å². The molecule has 0 aliphatic rings. The summed E-state index contributed by atoms with van der Waals surface area (Å²) in [5, 5.41) is 2.54. The van der Waals surface area contributed by atoms with Crippen molar-refractivity contribution in [1.82, 2.24) is 19.9 Å². The van der Waals surface area contributed by atoms with Crippen LogP contribution in [-0.4, -0.2) is 25.9 Å². The van der Waals surface area contributed by atoms with Crippen molar-refractivity contribution in [2.45, 2.75) is 13.0 Å². The second-order valence-electron chi connectivity index (χ2n) is 6.00. The van der Waals surface area contributed by atoms with Gasteiger partial charge in [-0.1, -0.05) is 0 Å². The van der Waals surface area contributed by atoms with Gasteiger partial charge in [0.25, 0.3) is 0 Å². The van der Waals surface area contributed by atoms with Gasteiger partial charge in [0.15, 0.2) is 0 Å². The molecule has 0 amide bonds.